The van der Waals surface area contributed by atoms with Crippen LogP contribution in [0.25, 0.3) is 0 Å². The van der Waals surface area contributed by atoms with Gasteiger partial charge in [0.05, 0.1) is 5.92 Å². The second-order valence-electron chi connectivity index (χ2n) is 4.79. The molecule has 0 amide bonds. The van der Waals surface area contributed by atoms with Gasteiger partial charge in [0, 0.05) is 17.6 Å². The number of hydrogen-bond donors (Lipinski definition) is 1. The monoisotopic (exact) mass is 303 g/mol. The predicted molar refractivity (Wildman–Crippen MR) is 79.0 cm³/mol. The third-order valence-corrected chi connectivity index (χ3v) is 3.90. The first-order valence-corrected chi connectivity index (χ1v) is 6.72. The summed E-state index contributed by atoms with van der Waals surface area (Å²) in [6, 6.07) is 8.15. The number of rotatable bonds is 4. The van der Waals surface area contributed by atoms with Gasteiger partial charge in [0.25, 0.3) is 0 Å². The van der Waals surface area contributed by atoms with Crippen molar-refractivity contribution in [1.82, 2.24) is 4.90 Å². The third kappa shape index (κ3) is 3.85. The summed E-state index contributed by atoms with van der Waals surface area (Å²) in [4.78, 5) is 13.3. The zero-order chi connectivity index (χ0) is 13.1. The van der Waals surface area contributed by atoms with Gasteiger partial charge in [-0.25, -0.2) is 0 Å². The highest BCUT2D eigenvalue weighted by atomic mass is 35.5. The lowest BCUT2D eigenvalue weighted by Crippen LogP contribution is -2.27. The van der Waals surface area contributed by atoms with Crippen molar-refractivity contribution in [3.8, 4) is 0 Å². The second-order valence-corrected chi connectivity index (χ2v) is 5.23. The number of carboxylic acids is 1. The summed E-state index contributed by atoms with van der Waals surface area (Å²) in [7, 11) is 0. The predicted octanol–water partition coefficient (Wildman–Crippen LogP) is 3.62. The van der Waals surface area contributed by atoms with Crippen LogP contribution < -0.4 is 0 Å². The van der Waals surface area contributed by atoms with E-state index in [4.69, 9.17) is 16.7 Å². The summed E-state index contributed by atoms with van der Waals surface area (Å²) in [5.74, 6) is -0.894. The SMILES string of the molecule is CCC(c1ccc(Cl)cc1)N1CCC(C(=O)O)C1.Cl. The number of benzene rings is 1. The Kier molecular flexibility index (Phi) is 6.11. The van der Waals surface area contributed by atoms with Gasteiger partial charge in [0.2, 0.25) is 0 Å². The lowest BCUT2D eigenvalue weighted by Gasteiger charge is -2.27. The van der Waals surface area contributed by atoms with Gasteiger partial charge in [0.15, 0.2) is 0 Å². The molecular weight excluding hydrogens is 285 g/mol. The molecule has 0 aromatic heterocycles. The fraction of sp³-hybridized carbons (Fsp3) is 0.500. The fourth-order valence-electron chi connectivity index (χ4n) is 2.66. The number of aliphatic carboxylic acids is 1. The first kappa shape index (κ1) is 16.3. The minimum atomic E-state index is -0.677. The van der Waals surface area contributed by atoms with Crippen LogP contribution >= 0.6 is 24.0 Å². The van der Waals surface area contributed by atoms with Gasteiger partial charge >= 0.3 is 5.97 Å². The first-order valence-electron chi connectivity index (χ1n) is 6.34. The van der Waals surface area contributed by atoms with E-state index in [0.717, 1.165) is 24.4 Å². The smallest absolute Gasteiger partial charge is 0.307 e. The Morgan fingerprint density at radius 2 is 2.11 bits per heavy atom. The van der Waals surface area contributed by atoms with Crippen molar-refractivity contribution in [3.05, 3.63) is 34.9 Å². The summed E-state index contributed by atoms with van der Waals surface area (Å²) < 4.78 is 0. The molecule has 0 bridgehead atoms. The van der Waals surface area contributed by atoms with E-state index in [-0.39, 0.29) is 18.3 Å². The molecule has 1 aromatic carbocycles. The number of hydrogen-bond acceptors (Lipinski definition) is 2. The van der Waals surface area contributed by atoms with Crippen LogP contribution in [0.4, 0.5) is 0 Å². The molecule has 2 unspecified atom stereocenters. The molecular formula is C14H19Cl2NO2. The molecule has 1 N–H and O–H groups in total. The highest BCUT2D eigenvalue weighted by molar-refractivity contribution is 6.30. The van der Waals surface area contributed by atoms with Gasteiger partial charge in [-0.3, -0.25) is 9.69 Å². The van der Waals surface area contributed by atoms with Crippen LogP contribution in [0.15, 0.2) is 24.3 Å². The van der Waals surface area contributed by atoms with Crippen LogP contribution in [0, 0.1) is 5.92 Å². The van der Waals surface area contributed by atoms with Crippen molar-refractivity contribution in [3.63, 3.8) is 0 Å². The number of carboxylic acid groups (broad SMARTS) is 1. The van der Waals surface area contributed by atoms with E-state index in [1.54, 1.807) is 0 Å². The fourth-order valence-corrected chi connectivity index (χ4v) is 2.79. The minimum Gasteiger partial charge on any atom is -0.481 e. The Labute approximate surface area is 125 Å². The minimum absolute atomic E-state index is 0. The lowest BCUT2D eigenvalue weighted by atomic mass is 10.0. The third-order valence-electron chi connectivity index (χ3n) is 3.65. The zero-order valence-corrected chi connectivity index (χ0v) is 12.5. The maximum atomic E-state index is 11.0. The summed E-state index contributed by atoms with van der Waals surface area (Å²) in [5, 5.41) is 9.78. The molecule has 3 nitrogen and oxygen atoms in total. The number of carbonyl (C=O) groups is 1. The summed E-state index contributed by atoms with van der Waals surface area (Å²) >= 11 is 5.89. The standard InChI is InChI=1S/C14H18ClNO2.ClH/c1-2-13(10-3-5-12(15)6-4-10)16-8-7-11(9-16)14(17)18;/h3-6,11,13H,2,7-9H2,1H3,(H,17,18);1H. The second kappa shape index (κ2) is 7.13. The normalized spacial score (nSPS) is 20.8. The highest BCUT2D eigenvalue weighted by Crippen LogP contribution is 2.30. The summed E-state index contributed by atoms with van der Waals surface area (Å²) in [5.41, 5.74) is 1.22. The van der Waals surface area contributed by atoms with Crippen molar-refractivity contribution in [2.45, 2.75) is 25.8 Å². The Balaban J connectivity index is 0.00000180. The molecule has 19 heavy (non-hydrogen) atoms. The molecule has 1 fully saturated rings. The molecule has 2 rings (SSSR count). The number of halogens is 2. The maximum absolute atomic E-state index is 11.0. The average molecular weight is 304 g/mol. The van der Waals surface area contributed by atoms with Crippen LogP contribution in [-0.4, -0.2) is 29.1 Å². The molecule has 0 radical (unpaired) electrons. The van der Waals surface area contributed by atoms with E-state index < -0.39 is 5.97 Å². The summed E-state index contributed by atoms with van der Waals surface area (Å²) in [6.07, 6.45) is 1.73. The molecule has 5 heteroatoms. The van der Waals surface area contributed by atoms with Gasteiger partial charge in [0.1, 0.15) is 0 Å². The van der Waals surface area contributed by atoms with E-state index in [1.807, 2.05) is 24.3 Å². The molecule has 1 aromatic rings. The Bertz CT molecular complexity index is 422. The topological polar surface area (TPSA) is 40.5 Å². The molecule has 0 aliphatic carbocycles. The average Bonchev–Trinajstić information content (AvgIpc) is 2.82. The number of likely N-dealkylation sites (tertiary alicyclic amines) is 1. The zero-order valence-electron chi connectivity index (χ0n) is 10.9. The van der Waals surface area contributed by atoms with E-state index in [9.17, 15) is 4.79 Å². The highest BCUT2D eigenvalue weighted by Gasteiger charge is 2.31. The van der Waals surface area contributed by atoms with Gasteiger partial charge < -0.3 is 5.11 Å². The van der Waals surface area contributed by atoms with E-state index in [1.165, 1.54) is 5.56 Å². The molecule has 1 heterocycles. The molecule has 1 saturated heterocycles. The summed E-state index contributed by atoms with van der Waals surface area (Å²) in [6.45, 7) is 3.64. The van der Waals surface area contributed by atoms with Crippen molar-refractivity contribution >= 4 is 30.0 Å². The van der Waals surface area contributed by atoms with Crippen LogP contribution in [-0.2, 0) is 4.79 Å². The number of nitrogens with zero attached hydrogens (tertiary/aromatic N) is 1. The molecule has 0 spiro atoms. The van der Waals surface area contributed by atoms with Gasteiger partial charge in [-0.1, -0.05) is 30.7 Å². The van der Waals surface area contributed by atoms with Crippen LogP contribution in [0.5, 0.6) is 0 Å². The Morgan fingerprint density at radius 1 is 1.47 bits per heavy atom. The van der Waals surface area contributed by atoms with Gasteiger partial charge in [-0.15, -0.1) is 12.4 Å². The molecule has 2 atom stereocenters. The Hall–Kier alpha value is -0.770. The van der Waals surface area contributed by atoms with Crippen molar-refractivity contribution < 1.29 is 9.90 Å². The van der Waals surface area contributed by atoms with Crippen molar-refractivity contribution in [1.29, 1.82) is 0 Å². The van der Waals surface area contributed by atoms with Crippen molar-refractivity contribution in [2.75, 3.05) is 13.1 Å². The van der Waals surface area contributed by atoms with E-state index in [0.29, 0.717) is 12.6 Å². The lowest BCUT2D eigenvalue weighted by molar-refractivity contribution is -0.141. The van der Waals surface area contributed by atoms with Gasteiger partial charge in [-0.05, 0) is 37.1 Å². The van der Waals surface area contributed by atoms with Gasteiger partial charge in [-0.2, -0.15) is 0 Å². The maximum Gasteiger partial charge on any atom is 0.307 e. The van der Waals surface area contributed by atoms with Crippen molar-refractivity contribution in [2.24, 2.45) is 5.92 Å². The Morgan fingerprint density at radius 3 is 2.58 bits per heavy atom. The van der Waals surface area contributed by atoms with Crippen LogP contribution in [0.1, 0.15) is 31.4 Å². The molecule has 1 aliphatic rings. The molecule has 1 aliphatic heterocycles. The molecule has 0 saturated carbocycles. The largest absolute Gasteiger partial charge is 0.481 e. The van der Waals surface area contributed by atoms with Crippen LogP contribution in [0.3, 0.4) is 0 Å². The molecule has 106 valence electrons. The quantitative estimate of drug-likeness (QED) is 0.923. The van der Waals surface area contributed by atoms with E-state index >= 15 is 0 Å². The van der Waals surface area contributed by atoms with Crippen LogP contribution in [0.2, 0.25) is 5.02 Å². The van der Waals surface area contributed by atoms with E-state index in [2.05, 4.69) is 11.8 Å². The first-order chi connectivity index (χ1) is 8.61.